The number of carbonyl (C=O) groups excluding carboxylic acids is 1. The van der Waals surface area contributed by atoms with E-state index in [1.165, 1.54) is 16.7 Å². The summed E-state index contributed by atoms with van der Waals surface area (Å²) in [7, 11) is 0. The fraction of sp³-hybridized carbons (Fsp3) is 0.208. The number of fused-ring (bicyclic) bond motifs is 1. The average Bonchev–Trinajstić information content (AvgIpc) is 2.66. The summed E-state index contributed by atoms with van der Waals surface area (Å²) >= 11 is 0. The second kappa shape index (κ2) is 6.80. The topological polar surface area (TPSA) is 20.3 Å². The molecule has 1 atom stereocenters. The van der Waals surface area contributed by atoms with E-state index >= 15 is 0 Å². The van der Waals surface area contributed by atoms with Gasteiger partial charge in [0, 0.05) is 12.6 Å². The Hall–Kier alpha value is -2.87. The average molecular weight is 341 g/mol. The van der Waals surface area contributed by atoms with E-state index in [9.17, 15) is 4.79 Å². The summed E-state index contributed by atoms with van der Waals surface area (Å²) in [6, 6.07) is 25.0. The number of hydrogen-bond acceptors (Lipinski definition) is 1. The van der Waals surface area contributed by atoms with Crippen LogP contribution in [0.1, 0.15) is 34.0 Å². The van der Waals surface area contributed by atoms with Crippen LogP contribution in [0.4, 0.5) is 0 Å². The maximum absolute atomic E-state index is 13.5. The molecule has 0 N–H and O–H groups in total. The van der Waals surface area contributed by atoms with Gasteiger partial charge in [0.25, 0.3) is 5.91 Å². The van der Waals surface area contributed by atoms with E-state index in [0.29, 0.717) is 6.54 Å². The van der Waals surface area contributed by atoms with Crippen molar-refractivity contribution >= 4 is 5.91 Å². The molecule has 2 heteroatoms. The lowest BCUT2D eigenvalue weighted by Crippen LogP contribution is -2.43. The van der Waals surface area contributed by atoms with Gasteiger partial charge in [-0.2, -0.15) is 0 Å². The number of nitrogens with zero attached hydrogens (tertiary/aromatic N) is 1. The van der Waals surface area contributed by atoms with Crippen LogP contribution in [-0.4, -0.2) is 16.8 Å². The minimum atomic E-state index is 0.140. The Morgan fingerprint density at radius 1 is 0.962 bits per heavy atom. The van der Waals surface area contributed by atoms with Crippen LogP contribution >= 0.6 is 0 Å². The van der Waals surface area contributed by atoms with Gasteiger partial charge in [-0.3, -0.25) is 4.79 Å². The summed E-state index contributed by atoms with van der Waals surface area (Å²) in [4.78, 5) is 15.5. The van der Waals surface area contributed by atoms with Gasteiger partial charge in [-0.25, -0.2) is 0 Å². The van der Waals surface area contributed by atoms with Crippen LogP contribution in [0.25, 0.3) is 11.1 Å². The zero-order chi connectivity index (χ0) is 18.1. The van der Waals surface area contributed by atoms with E-state index < -0.39 is 0 Å². The second-order valence-corrected chi connectivity index (χ2v) is 7.18. The summed E-state index contributed by atoms with van der Waals surface area (Å²) in [6.45, 7) is 4.91. The van der Waals surface area contributed by atoms with Crippen molar-refractivity contribution in [1.29, 1.82) is 0 Å². The molecule has 0 radical (unpaired) electrons. The third-order valence-corrected chi connectivity index (χ3v) is 5.17. The molecule has 0 saturated carbocycles. The molecule has 0 aromatic heterocycles. The highest BCUT2D eigenvalue weighted by Crippen LogP contribution is 2.34. The molecule has 1 heterocycles. The number of aryl methyl sites for hydroxylation is 1. The van der Waals surface area contributed by atoms with Crippen molar-refractivity contribution in [3.8, 4) is 11.1 Å². The van der Waals surface area contributed by atoms with Gasteiger partial charge < -0.3 is 4.90 Å². The van der Waals surface area contributed by atoms with E-state index in [2.05, 4.69) is 50.2 Å². The van der Waals surface area contributed by atoms with Crippen LogP contribution in [0.3, 0.4) is 0 Å². The van der Waals surface area contributed by atoms with Gasteiger partial charge in [-0.05, 0) is 42.5 Å². The van der Waals surface area contributed by atoms with Gasteiger partial charge in [0.05, 0.1) is 5.56 Å². The van der Waals surface area contributed by atoms with E-state index in [1.54, 1.807) is 0 Å². The Kier molecular flexibility index (Phi) is 4.34. The molecule has 1 unspecified atom stereocenters. The third kappa shape index (κ3) is 3.03. The molecule has 1 amide bonds. The van der Waals surface area contributed by atoms with Crippen LogP contribution in [0, 0.1) is 6.92 Å². The highest BCUT2D eigenvalue weighted by atomic mass is 16.2. The minimum absolute atomic E-state index is 0.140. The van der Waals surface area contributed by atoms with Crippen molar-refractivity contribution in [2.75, 3.05) is 0 Å². The smallest absolute Gasteiger partial charge is 0.255 e. The Balaban J connectivity index is 1.79. The maximum Gasteiger partial charge on any atom is 0.255 e. The molecule has 130 valence electrons. The predicted molar refractivity (Wildman–Crippen MR) is 106 cm³/mol. The van der Waals surface area contributed by atoms with Crippen molar-refractivity contribution in [2.24, 2.45) is 0 Å². The van der Waals surface area contributed by atoms with Crippen molar-refractivity contribution in [3.05, 3.63) is 95.1 Å². The lowest BCUT2D eigenvalue weighted by molar-refractivity contribution is 0.0650. The van der Waals surface area contributed by atoms with Gasteiger partial charge in [0.1, 0.15) is 0 Å². The fourth-order valence-electron chi connectivity index (χ4n) is 3.90. The predicted octanol–water partition coefficient (Wildman–Crippen LogP) is 5.25. The summed E-state index contributed by atoms with van der Waals surface area (Å²) < 4.78 is 0. The van der Waals surface area contributed by atoms with Crippen LogP contribution in [-0.2, 0) is 13.0 Å². The molecule has 26 heavy (non-hydrogen) atoms. The number of benzene rings is 3. The lowest BCUT2D eigenvalue weighted by Gasteiger charge is -2.36. The number of carbonyl (C=O) groups is 1. The molecule has 0 saturated heterocycles. The minimum Gasteiger partial charge on any atom is -0.331 e. The Bertz CT molecular complexity index is 931. The maximum atomic E-state index is 13.5. The van der Waals surface area contributed by atoms with Gasteiger partial charge in [-0.15, -0.1) is 0 Å². The first kappa shape index (κ1) is 16.6. The molecule has 2 nitrogen and oxygen atoms in total. The third-order valence-electron chi connectivity index (χ3n) is 5.17. The Labute approximate surface area is 155 Å². The standard InChI is InChI=1S/C24H23NO/c1-17-13-21-15-18(2)25(16-19-9-5-3-6-10-19)24(26)23(21)22(14-17)20-11-7-4-8-12-20/h3-14,18H,15-16H2,1-2H3. The molecular weight excluding hydrogens is 318 g/mol. The molecule has 0 fully saturated rings. The number of rotatable bonds is 3. The SMILES string of the molecule is Cc1cc2c(c(-c3ccccc3)c1)C(=O)N(Cc1ccccc1)C(C)C2. The van der Waals surface area contributed by atoms with Crippen molar-refractivity contribution < 1.29 is 4.79 Å². The van der Waals surface area contributed by atoms with E-state index in [1.807, 2.05) is 41.3 Å². The normalized spacial score (nSPS) is 16.5. The van der Waals surface area contributed by atoms with Crippen molar-refractivity contribution in [1.82, 2.24) is 4.90 Å². The molecule has 3 aromatic carbocycles. The molecule has 3 aromatic rings. The zero-order valence-electron chi connectivity index (χ0n) is 15.3. The molecule has 1 aliphatic heterocycles. The molecule has 0 aliphatic carbocycles. The molecule has 4 rings (SSSR count). The van der Waals surface area contributed by atoms with Crippen LogP contribution in [0.5, 0.6) is 0 Å². The summed E-state index contributed by atoms with van der Waals surface area (Å²) in [5, 5.41) is 0. The highest BCUT2D eigenvalue weighted by Gasteiger charge is 2.32. The van der Waals surface area contributed by atoms with Crippen LogP contribution < -0.4 is 0 Å². The van der Waals surface area contributed by atoms with E-state index in [4.69, 9.17) is 0 Å². The molecule has 0 spiro atoms. The first-order chi connectivity index (χ1) is 12.6. The zero-order valence-corrected chi connectivity index (χ0v) is 15.3. The second-order valence-electron chi connectivity index (χ2n) is 7.18. The first-order valence-electron chi connectivity index (χ1n) is 9.17. The highest BCUT2D eigenvalue weighted by molar-refractivity contribution is 6.03. The quantitative estimate of drug-likeness (QED) is 0.637. The summed E-state index contributed by atoms with van der Waals surface area (Å²) in [6.07, 6.45) is 0.898. The Morgan fingerprint density at radius 3 is 2.31 bits per heavy atom. The first-order valence-corrected chi connectivity index (χ1v) is 9.17. The van der Waals surface area contributed by atoms with Gasteiger partial charge in [0.2, 0.25) is 0 Å². The summed E-state index contributed by atoms with van der Waals surface area (Å²) in [5.41, 5.74) is 6.58. The van der Waals surface area contributed by atoms with E-state index in [-0.39, 0.29) is 11.9 Å². The van der Waals surface area contributed by atoms with Gasteiger partial charge >= 0.3 is 0 Å². The van der Waals surface area contributed by atoms with Crippen LogP contribution in [0.2, 0.25) is 0 Å². The van der Waals surface area contributed by atoms with Crippen LogP contribution in [0.15, 0.2) is 72.8 Å². The van der Waals surface area contributed by atoms with E-state index in [0.717, 1.165) is 23.1 Å². The number of amides is 1. The fourth-order valence-corrected chi connectivity index (χ4v) is 3.90. The Morgan fingerprint density at radius 2 is 1.62 bits per heavy atom. The van der Waals surface area contributed by atoms with Gasteiger partial charge in [0.15, 0.2) is 0 Å². The van der Waals surface area contributed by atoms with Crippen molar-refractivity contribution in [2.45, 2.75) is 32.9 Å². The number of hydrogen-bond donors (Lipinski definition) is 0. The molecule has 0 bridgehead atoms. The largest absolute Gasteiger partial charge is 0.331 e. The molecule has 1 aliphatic rings. The molecular formula is C24H23NO. The monoisotopic (exact) mass is 341 g/mol. The van der Waals surface area contributed by atoms with Crippen molar-refractivity contribution in [3.63, 3.8) is 0 Å². The summed E-state index contributed by atoms with van der Waals surface area (Å²) in [5.74, 6) is 0.140. The lowest BCUT2D eigenvalue weighted by atomic mass is 9.86. The van der Waals surface area contributed by atoms with Gasteiger partial charge in [-0.1, -0.05) is 78.4 Å².